The monoisotopic (exact) mass is 400 g/mol. The highest BCUT2D eigenvalue weighted by Crippen LogP contribution is 2.17. The van der Waals surface area contributed by atoms with E-state index in [2.05, 4.69) is 19.9 Å². The van der Waals surface area contributed by atoms with Crippen molar-refractivity contribution >= 4 is 33.5 Å². The van der Waals surface area contributed by atoms with Crippen LogP contribution in [0.1, 0.15) is 31.7 Å². The van der Waals surface area contributed by atoms with Gasteiger partial charge >= 0.3 is 0 Å². The molecule has 1 saturated heterocycles. The third-order valence-corrected chi connectivity index (χ3v) is 6.38. The topological polar surface area (TPSA) is 91.4 Å². The molecule has 1 aliphatic rings. The first-order valence-electron chi connectivity index (χ1n) is 8.91. The maximum absolute atomic E-state index is 12.4. The maximum atomic E-state index is 12.4. The summed E-state index contributed by atoms with van der Waals surface area (Å²) in [6.45, 7) is 3.96. The quantitative estimate of drug-likeness (QED) is 0.616. The predicted octanol–water partition coefficient (Wildman–Crippen LogP) is 1.36. The molecular formula is C17H28N4O3S2. The van der Waals surface area contributed by atoms with Gasteiger partial charge in [-0.1, -0.05) is 6.07 Å². The molecule has 26 heavy (non-hydrogen) atoms. The van der Waals surface area contributed by atoms with Gasteiger partial charge in [-0.05, 0) is 49.8 Å². The highest BCUT2D eigenvalue weighted by atomic mass is 32.2. The first-order valence-corrected chi connectivity index (χ1v) is 12.0. The number of hydrogen-bond donors (Lipinski definition) is 2. The fourth-order valence-electron chi connectivity index (χ4n) is 2.75. The molecule has 1 aliphatic heterocycles. The second-order valence-corrected chi connectivity index (χ2v) is 9.32. The van der Waals surface area contributed by atoms with Crippen LogP contribution in [0.3, 0.4) is 0 Å². The third kappa shape index (κ3) is 6.44. The van der Waals surface area contributed by atoms with Gasteiger partial charge in [0.1, 0.15) is 11.9 Å². The fraction of sp³-hybridized carbons (Fsp3) is 0.647. The molecule has 7 nitrogen and oxygen atoms in total. The van der Waals surface area contributed by atoms with Crippen molar-refractivity contribution in [2.45, 2.75) is 38.8 Å². The molecule has 1 amide bonds. The minimum Gasteiger partial charge on any atom is -0.357 e. The lowest BCUT2D eigenvalue weighted by Crippen LogP contribution is -2.47. The molecule has 146 valence electrons. The molecule has 2 heterocycles. The standard InChI is InChI=1S/C17H28N4O3S2/c1-3-26(23,24)20-15(8-11-25-2)17(22)19-13-14-6-7-16(18-12-14)21-9-4-5-10-21/h6-7,12,15,20H,3-5,8-11,13H2,1-2H3,(H,19,22). The molecule has 1 aromatic rings. The van der Waals surface area contributed by atoms with Gasteiger partial charge in [0.2, 0.25) is 15.9 Å². The van der Waals surface area contributed by atoms with Crippen molar-refractivity contribution in [1.29, 1.82) is 0 Å². The Bertz CT molecular complexity index is 674. The van der Waals surface area contributed by atoms with E-state index in [-0.39, 0.29) is 11.7 Å². The van der Waals surface area contributed by atoms with E-state index in [9.17, 15) is 13.2 Å². The lowest BCUT2D eigenvalue weighted by Gasteiger charge is -2.18. The van der Waals surface area contributed by atoms with Gasteiger partial charge < -0.3 is 10.2 Å². The van der Waals surface area contributed by atoms with Crippen LogP contribution in [0, 0.1) is 0 Å². The van der Waals surface area contributed by atoms with Gasteiger partial charge in [0, 0.05) is 25.8 Å². The van der Waals surface area contributed by atoms with Crippen molar-refractivity contribution in [2.75, 3.05) is 35.8 Å². The van der Waals surface area contributed by atoms with E-state index in [1.54, 1.807) is 24.9 Å². The number of pyridine rings is 1. The highest BCUT2D eigenvalue weighted by Gasteiger charge is 2.23. The average Bonchev–Trinajstić information content (AvgIpc) is 3.18. The predicted molar refractivity (Wildman–Crippen MR) is 107 cm³/mol. The first-order chi connectivity index (χ1) is 12.4. The van der Waals surface area contributed by atoms with Crippen LogP contribution < -0.4 is 14.9 Å². The molecule has 1 unspecified atom stereocenters. The lowest BCUT2D eigenvalue weighted by molar-refractivity contribution is -0.122. The Hall–Kier alpha value is -1.32. The molecule has 0 saturated carbocycles. The summed E-state index contributed by atoms with van der Waals surface area (Å²) in [6.07, 6.45) is 6.55. The summed E-state index contributed by atoms with van der Waals surface area (Å²) in [5.74, 6) is 1.32. The largest absolute Gasteiger partial charge is 0.357 e. The molecule has 0 aromatic carbocycles. The smallest absolute Gasteiger partial charge is 0.238 e. The minimum atomic E-state index is -3.43. The Morgan fingerprint density at radius 3 is 2.65 bits per heavy atom. The minimum absolute atomic E-state index is 0.0437. The van der Waals surface area contributed by atoms with Crippen molar-refractivity contribution in [3.05, 3.63) is 23.9 Å². The Labute approximate surface area is 160 Å². The molecule has 1 fully saturated rings. The van der Waals surface area contributed by atoms with Gasteiger partial charge in [0.15, 0.2) is 0 Å². The van der Waals surface area contributed by atoms with Crippen molar-refractivity contribution in [3.63, 3.8) is 0 Å². The molecular weight excluding hydrogens is 372 g/mol. The Balaban J connectivity index is 1.91. The molecule has 0 spiro atoms. The lowest BCUT2D eigenvalue weighted by atomic mass is 10.2. The van der Waals surface area contributed by atoms with E-state index < -0.39 is 16.1 Å². The van der Waals surface area contributed by atoms with E-state index in [1.807, 2.05) is 18.4 Å². The maximum Gasteiger partial charge on any atom is 0.238 e. The van der Waals surface area contributed by atoms with E-state index >= 15 is 0 Å². The number of amides is 1. The van der Waals surface area contributed by atoms with Gasteiger partial charge in [0.05, 0.1) is 5.75 Å². The van der Waals surface area contributed by atoms with Gasteiger partial charge in [0.25, 0.3) is 0 Å². The SMILES string of the molecule is CCS(=O)(=O)NC(CCSC)C(=O)NCc1ccc(N2CCCC2)nc1. The van der Waals surface area contributed by atoms with E-state index in [1.165, 1.54) is 12.8 Å². The summed E-state index contributed by atoms with van der Waals surface area (Å²) < 4.78 is 26.1. The molecule has 1 aromatic heterocycles. The number of hydrogen-bond acceptors (Lipinski definition) is 6. The van der Waals surface area contributed by atoms with Crippen molar-refractivity contribution in [3.8, 4) is 0 Å². The highest BCUT2D eigenvalue weighted by molar-refractivity contribution is 7.98. The normalized spacial score (nSPS) is 15.8. The van der Waals surface area contributed by atoms with Crippen LogP contribution in [0.2, 0.25) is 0 Å². The number of thioether (sulfide) groups is 1. The van der Waals surface area contributed by atoms with Crippen molar-refractivity contribution < 1.29 is 13.2 Å². The molecule has 1 atom stereocenters. The van der Waals surface area contributed by atoms with Crippen LogP contribution in [0.15, 0.2) is 18.3 Å². The second kappa shape index (κ2) is 10.1. The Morgan fingerprint density at radius 2 is 2.08 bits per heavy atom. The van der Waals surface area contributed by atoms with Crippen LogP contribution in [0.25, 0.3) is 0 Å². The van der Waals surface area contributed by atoms with Crippen LogP contribution >= 0.6 is 11.8 Å². The zero-order valence-electron chi connectivity index (χ0n) is 15.4. The number of carbonyl (C=O) groups is 1. The zero-order chi connectivity index (χ0) is 19.0. The summed E-state index contributed by atoms with van der Waals surface area (Å²) in [5.41, 5.74) is 0.892. The van der Waals surface area contributed by atoms with Crippen molar-refractivity contribution in [2.24, 2.45) is 0 Å². The van der Waals surface area contributed by atoms with E-state index in [0.717, 1.165) is 24.5 Å². The molecule has 2 rings (SSSR count). The summed E-state index contributed by atoms with van der Waals surface area (Å²) in [4.78, 5) is 19.1. The summed E-state index contributed by atoms with van der Waals surface area (Å²) in [5, 5.41) is 2.81. The number of carbonyl (C=O) groups excluding carboxylic acids is 1. The number of aromatic nitrogens is 1. The van der Waals surface area contributed by atoms with Crippen LogP contribution in [-0.4, -0.2) is 56.2 Å². The Morgan fingerprint density at radius 1 is 1.35 bits per heavy atom. The molecule has 9 heteroatoms. The number of rotatable bonds is 10. The van der Waals surface area contributed by atoms with Gasteiger partial charge in [-0.3, -0.25) is 4.79 Å². The van der Waals surface area contributed by atoms with E-state index in [4.69, 9.17) is 0 Å². The van der Waals surface area contributed by atoms with Gasteiger partial charge in [-0.15, -0.1) is 0 Å². The summed E-state index contributed by atoms with van der Waals surface area (Å²) in [7, 11) is -3.43. The summed E-state index contributed by atoms with van der Waals surface area (Å²) in [6, 6.07) is 3.18. The Kier molecular flexibility index (Phi) is 8.17. The molecule has 0 bridgehead atoms. The number of nitrogens with zero attached hydrogens (tertiary/aromatic N) is 2. The van der Waals surface area contributed by atoms with Crippen LogP contribution in [0.4, 0.5) is 5.82 Å². The van der Waals surface area contributed by atoms with Crippen LogP contribution in [-0.2, 0) is 21.4 Å². The first kappa shape index (κ1) is 21.0. The third-order valence-electron chi connectivity index (χ3n) is 4.33. The molecule has 0 radical (unpaired) electrons. The second-order valence-electron chi connectivity index (χ2n) is 6.29. The van der Waals surface area contributed by atoms with E-state index in [0.29, 0.717) is 18.7 Å². The van der Waals surface area contributed by atoms with Gasteiger partial charge in [-0.2, -0.15) is 11.8 Å². The van der Waals surface area contributed by atoms with Crippen molar-refractivity contribution in [1.82, 2.24) is 15.0 Å². The average molecular weight is 401 g/mol. The van der Waals surface area contributed by atoms with Crippen LogP contribution in [0.5, 0.6) is 0 Å². The fourth-order valence-corrected chi connectivity index (χ4v) is 4.04. The number of sulfonamides is 1. The zero-order valence-corrected chi connectivity index (χ0v) is 17.0. The molecule has 0 aliphatic carbocycles. The van der Waals surface area contributed by atoms with Gasteiger partial charge in [-0.25, -0.2) is 18.1 Å². The summed E-state index contributed by atoms with van der Waals surface area (Å²) >= 11 is 1.58. The number of anilines is 1. The molecule has 2 N–H and O–H groups in total. The number of nitrogens with one attached hydrogen (secondary N) is 2.